The van der Waals surface area contributed by atoms with Crippen LogP contribution in [0.1, 0.15) is 24.9 Å². The highest BCUT2D eigenvalue weighted by atomic mass is 19.2. The molecule has 1 atom stereocenters. The Labute approximate surface area is 164 Å². The molecule has 0 aliphatic carbocycles. The second-order valence-electron chi connectivity index (χ2n) is 7.14. The molecule has 3 rings (SSSR count). The zero-order valence-electron chi connectivity index (χ0n) is 16.3. The van der Waals surface area contributed by atoms with Gasteiger partial charge in [0, 0.05) is 51.4 Å². The Bertz CT molecular complexity index is 794. The number of piperazine rings is 1. The van der Waals surface area contributed by atoms with Gasteiger partial charge in [0.1, 0.15) is 5.82 Å². The zero-order chi connectivity index (χ0) is 20.1. The molecule has 1 aliphatic rings. The highest BCUT2D eigenvalue weighted by Crippen LogP contribution is 2.21. The number of hydrogen-bond acceptors (Lipinski definition) is 4. The second-order valence-corrected chi connectivity index (χ2v) is 7.14. The summed E-state index contributed by atoms with van der Waals surface area (Å²) < 4.78 is 26.6. The number of hydrogen-bond donors (Lipinski definition) is 0. The third-order valence-electron chi connectivity index (χ3n) is 5.37. The van der Waals surface area contributed by atoms with Gasteiger partial charge in [0.2, 0.25) is 5.91 Å². The number of aromatic nitrogens is 1. The number of pyridine rings is 1. The first kappa shape index (κ1) is 20.2. The number of amides is 1. The topological polar surface area (TPSA) is 39.7 Å². The molecule has 2 aromatic rings. The largest absolute Gasteiger partial charge is 0.353 e. The average Bonchev–Trinajstić information content (AvgIpc) is 2.74. The number of carbonyl (C=O) groups excluding carboxylic acids is 1. The summed E-state index contributed by atoms with van der Waals surface area (Å²) in [6.07, 6.45) is 2.17. The third-order valence-corrected chi connectivity index (χ3v) is 5.37. The predicted molar refractivity (Wildman–Crippen MR) is 105 cm³/mol. The monoisotopic (exact) mass is 388 g/mol. The zero-order valence-corrected chi connectivity index (χ0v) is 16.3. The van der Waals surface area contributed by atoms with Crippen LogP contribution < -0.4 is 4.90 Å². The number of nitrogens with zero attached hydrogens (tertiary/aromatic N) is 4. The van der Waals surface area contributed by atoms with Gasteiger partial charge in [-0.25, -0.2) is 13.8 Å². The highest BCUT2D eigenvalue weighted by molar-refractivity contribution is 5.76. The van der Waals surface area contributed by atoms with Gasteiger partial charge in [-0.2, -0.15) is 0 Å². The first-order valence-electron chi connectivity index (χ1n) is 9.54. The van der Waals surface area contributed by atoms with Crippen LogP contribution in [0.5, 0.6) is 0 Å². The van der Waals surface area contributed by atoms with Gasteiger partial charge < -0.3 is 9.80 Å². The van der Waals surface area contributed by atoms with E-state index < -0.39 is 11.6 Å². The first-order valence-corrected chi connectivity index (χ1v) is 9.54. The van der Waals surface area contributed by atoms with Crippen molar-refractivity contribution in [3.63, 3.8) is 0 Å². The van der Waals surface area contributed by atoms with Crippen LogP contribution in [-0.4, -0.2) is 60.5 Å². The molecule has 0 bridgehead atoms. The molecular weight excluding hydrogens is 362 g/mol. The lowest BCUT2D eigenvalue weighted by molar-refractivity contribution is -0.131. The second kappa shape index (κ2) is 9.10. The maximum absolute atomic E-state index is 13.5. The molecule has 0 spiro atoms. The smallest absolute Gasteiger partial charge is 0.223 e. The molecule has 1 saturated heterocycles. The molecule has 1 unspecified atom stereocenters. The van der Waals surface area contributed by atoms with E-state index in [1.807, 2.05) is 42.0 Å². The normalized spacial score (nSPS) is 15.8. The Hall–Kier alpha value is -2.54. The average molecular weight is 388 g/mol. The van der Waals surface area contributed by atoms with Crippen molar-refractivity contribution in [1.82, 2.24) is 14.8 Å². The first-order chi connectivity index (χ1) is 13.5. The van der Waals surface area contributed by atoms with Gasteiger partial charge in [-0.1, -0.05) is 12.1 Å². The molecule has 1 aliphatic heterocycles. The SMILES string of the molecule is CC(c1ccc(F)c(F)c1)N(C)CCC(=O)N1CCN(c2ccccn2)CC1. The van der Waals surface area contributed by atoms with E-state index in [0.29, 0.717) is 31.6 Å². The number of halogens is 2. The van der Waals surface area contributed by atoms with Crippen LogP contribution in [-0.2, 0) is 4.79 Å². The molecule has 28 heavy (non-hydrogen) atoms. The van der Waals surface area contributed by atoms with Crippen LogP contribution in [0.4, 0.5) is 14.6 Å². The van der Waals surface area contributed by atoms with E-state index in [4.69, 9.17) is 0 Å². The molecule has 1 aromatic heterocycles. The van der Waals surface area contributed by atoms with Crippen molar-refractivity contribution in [3.8, 4) is 0 Å². The van der Waals surface area contributed by atoms with Crippen LogP contribution in [0.25, 0.3) is 0 Å². The Morgan fingerprint density at radius 3 is 2.54 bits per heavy atom. The molecular formula is C21H26F2N4O. The third kappa shape index (κ3) is 4.84. The summed E-state index contributed by atoms with van der Waals surface area (Å²) in [6, 6.07) is 9.66. The molecule has 150 valence electrons. The molecule has 5 nitrogen and oxygen atoms in total. The minimum atomic E-state index is -0.848. The van der Waals surface area contributed by atoms with Crippen LogP contribution in [0, 0.1) is 11.6 Å². The number of anilines is 1. The van der Waals surface area contributed by atoms with E-state index in [1.165, 1.54) is 6.07 Å². The number of benzene rings is 1. The summed E-state index contributed by atoms with van der Waals surface area (Å²) >= 11 is 0. The van der Waals surface area contributed by atoms with Crippen LogP contribution in [0.2, 0.25) is 0 Å². The van der Waals surface area contributed by atoms with Gasteiger partial charge in [-0.15, -0.1) is 0 Å². The Morgan fingerprint density at radius 1 is 1.14 bits per heavy atom. The van der Waals surface area contributed by atoms with Crippen molar-refractivity contribution in [1.29, 1.82) is 0 Å². The van der Waals surface area contributed by atoms with Crippen LogP contribution in [0.15, 0.2) is 42.6 Å². The summed E-state index contributed by atoms with van der Waals surface area (Å²) in [5, 5.41) is 0. The van der Waals surface area contributed by atoms with E-state index in [2.05, 4.69) is 9.88 Å². The van der Waals surface area contributed by atoms with Crippen LogP contribution >= 0.6 is 0 Å². The number of rotatable bonds is 6. The predicted octanol–water partition coefficient (Wildman–Crippen LogP) is 3.09. The molecule has 0 saturated carbocycles. The van der Waals surface area contributed by atoms with Gasteiger partial charge in [0.25, 0.3) is 0 Å². The fourth-order valence-corrected chi connectivity index (χ4v) is 3.38. The van der Waals surface area contributed by atoms with Crippen molar-refractivity contribution in [3.05, 3.63) is 59.8 Å². The molecule has 2 heterocycles. The lowest BCUT2D eigenvalue weighted by Crippen LogP contribution is -2.49. The molecule has 7 heteroatoms. The van der Waals surface area contributed by atoms with Crippen molar-refractivity contribution in [2.45, 2.75) is 19.4 Å². The van der Waals surface area contributed by atoms with Gasteiger partial charge in [-0.3, -0.25) is 9.69 Å². The summed E-state index contributed by atoms with van der Waals surface area (Å²) in [6.45, 7) is 5.37. The molecule has 1 fully saturated rings. The summed E-state index contributed by atoms with van der Waals surface area (Å²) in [7, 11) is 1.89. The van der Waals surface area contributed by atoms with Crippen LogP contribution in [0.3, 0.4) is 0 Å². The fraction of sp³-hybridized carbons (Fsp3) is 0.429. The maximum Gasteiger partial charge on any atom is 0.223 e. The number of carbonyl (C=O) groups is 1. The van der Waals surface area contributed by atoms with Gasteiger partial charge in [-0.05, 0) is 43.8 Å². The fourth-order valence-electron chi connectivity index (χ4n) is 3.38. The maximum atomic E-state index is 13.5. The van der Waals surface area contributed by atoms with Gasteiger partial charge in [0.15, 0.2) is 11.6 Å². The minimum absolute atomic E-state index is 0.107. The quantitative estimate of drug-likeness (QED) is 0.763. The Morgan fingerprint density at radius 2 is 1.89 bits per heavy atom. The van der Waals surface area contributed by atoms with Crippen molar-refractivity contribution >= 4 is 11.7 Å². The van der Waals surface area contributed by atoms with E-state index in [9.17, 15) is 13.6 Å². The minimum Gasteiger partial charge on any atom is -0.353 e. The molecule has 1 amide bonds. The molecule has 0 N–H and O–H groups in total. The van der Waals surface area contributed by atoms with Gasteiger partial charge in [0.05, 0.1) is 0 Å². The highest BCUT2D eigenvalue weighted by Gasteiger charge is 2.22. The lowest BCUT2D eigenvalue weighted by atomic mass is 10.1. The van der Waals surface area contributed by atoms with Crippen molar-refractivity contribution in [2.75, 3.05) is 44.7 Å². The van der Waals surface area contributed by atoms with Gasteiger partial charge >= 0.3 is 0 Å². The standard InChI is InChI=1S/C21H26F2N4O/c1-16(17-6-7-18(22)19(23)15-17)25(2)10-8-21(28)27-13-11-26(12-14-27)20-5-3-4-9-24-20/h3-7,9,15-16H,8,10-14H2,1-2H3. The lowest BCUT2D eigenvalue weighted by Gasteiger charge is -2.36. The van der Waals surface area contributed by atoms with Crippen molar-refractivity contribution < 1.29 is 13.6 Å². The van der Waals surface area contributed by atoms with Crippen molar-refractivity contribution in [2.24, 2.45) is 0 Å². The summed E-state index contributed by atoms with van der Waals surface area (Å²) in [5.41, 5.74) is 0.692. The summed E-state index contributed by atoms with van der Waals surface area (Å²) in [5.74, 6) is -0.641. The Kier molecular flexibility index (Phi) is 6.57. The van der Waals surface area contributed by atoms with E-state index in [-0.39, 0.29) is 11.9 Å². The summed E-state index contributed by atoms with van der Waals surface area (Å²) in [4.78, 5) is 23.0. The molecule has 0 radical (unpaired) electrons. The van der Waals surface area contributed by atoms with E-state index in [1.54, 1.807) is 12.3 Å². The molecule has 1 aromatic carbocycles. The van der Waals surface area contributed by atoms with E-state index >= 15 is 0 Å². The van der Waals surface area contributed by atoms with E-state index in [0.717, 1.165) is 25.0 Å². The Balaban J connectivity index is 1.47.